The van der Waals surface area contributed by atoms with Gasteiger partial charge in [0, 0.05) is 24.5 Å². The normalized spacial score (nSPS) is 20.3. The largest absolute Gasteiger partial charge is 0.372 e. The first-order valence-corrected chi connectivity index (χ1v) is 9.56. The van der Waals surface area contributed by atoms with Crippen LogP contribution in [-0.2, 0) is 11.2 Å². The van der Waals surface area contributed by atoms with E-state index in [0.29, 0.717) is 6.54 Å². The maximum absolute atomic E-state index is 12.2. The van der Waals surface area contributed by atoms with Crippen LogP contribution in [-0.4, -0.2) is 37.9 Å². The monoisotopic (exact) mass is 359 g/mol. The Bertz CT molecular complexity index is 680. The molecule has 0 spiro atoms. The highest BCUT2D eigenvalue weighted by Crippen LogP contribution is 2.28. The van der Waals surface area contributed by atoms with Crippen molar-refractivity contribution in [2.24, 2.45) is 0 Å². The number of urea groups is 1. The second kappa shape index (κ2) is 8.36. The SMILES string of the molecule is CC1CN(c2ccccc2NC(=O)NCCc2cccs2)CC(C)O1. The summed E-state index contributed by atoms with van der Waals surface area (Å²) in [5.41, 5.74) is 1.87. The van der Waals surface area contributed by atoms with Gasteiger partial charge in [0.2, 0.25) is 0 Å². The van der Waals surface area contributed by atoms with Crippen molar-refractivity contribution in [3.05, 3.63) is 46.7 Å². The number of hydrogen-bond donors (Lipinski definition) is 2. The maximum atomic E-state index is 12.2. The van der Waals surface area contributed by atoms with Crippen molar-refractivity contribution in [1.82, 2.24) is 5.32 Å². The van der Waals surface area contributed by atoms with Gasteiger partial charge in [-0.05, 0) is 43.8 Å². The predicted molar refractivity (Wildman–Crippen MR) is 104 cm³/mol. The van der Waals surface area contributed by atoms with Gasteiger partial charge in [0.15, 0.2) is 0 Å². The molecule has 1 aliphatic heterocycles. The van der Waals surface area contributed by atoms with E-state index >= 15 is 0 Å². The lowest BCUT2D eigenvalue weighted by Gasteiger charge is -2.37. The number of carbonyl (C=O) groups is 1. The summed E-state index contributed by atoms with van der Waals surface area (Å²) in [7, 11) is 0. The Labute approximate surface area is 153 Å². The van der Waals surface area contributed by atoms with E-state index in [1.807, 2.05) is 30.3 Å². The quantitative estimate of drug-likeness (QED) is 0.855. The summed E-state index contributed by atoms with van der Waals surface area (Å²) < 4.78 is 5.81. The number of thiophene rings is 1. The Balaban J connectivity index is 1.59. The van der Waals surface area contributed by atoms with Crippen molar-refractivity contribution in [3.8, 4) is 0 Å². The smallest absolute Gasteiger partial charge is 0.319 e. The van der Waals surface area contributed by atoms with E-state index in [-0.39, 0.29) is 18.2 Å². The van der Waals surface area contributed by atoms with Gasteiger partial charge in [-0.3, -0.25) is 0 Å². The van der Waals surface area contributed by atoms with E-state index in [1.54, 1.807) is 11.3 Å². The number of nitrogens with one attached hydrogen (secondary N) is 2. The van der Waals surface area contributed by atoms with Crippen LogP contribution in [0.4, 0.5) is 16.2 Å². The third kappa shape index (κ3) is 4.96. The number of ether oxygens (including phenoxy) is 1. The number of rotatable bonds is 5. The average Bonchev–Trinajstić information content (AvgIpc) is 3.08. The van der Waals surface area contributed by atoms with Crippen molar-refractivity contribution < 1.29 is 9.53 Å². The molecule has 2 unspecified atom stereocenters. The summed E-state index contributed by atoms with van der Waals surface area (Å²) in [5.74, 6) is 0. The van der Waals surface area contributed by atoms with Crippen LogP contribution >= 0.6 is 11.3 Å². The van der Waals surface area contributed by atoms with Gasteiger partial charge in [-0.25, -0.2) is 4.79 Å². The Morgan fingerprint density at radius 1 is 1.20 bits per heavy atom. The number of para-hydroxylation sites is 2. The van der Waals surface area contributed by atoms with Gasteiger partial charge >= 0.3 is 6.03 Å². The second-order valence-corrected chi connectivity index (χ2v) is 7.42. The zero-order chi connectivity index (χ0) is 17.6. The Morgan fingerprint density at radius 3 is 2.68 bits per heavy atom. The molecular formula is C19H25N3O2S. The third-order valence-electron chi connectivity index (χ3n) is 4.15. The van der Waals surface area contributed by atoms with Crippen LogP contribution in [0, 0.1) is 0 Å². The summed E-state index contributed by atoms with van der Waals surface area (Å²) in [4.78, 5) is 15.8. The number of carbonyl (C=O) groups excluding carboxylic acids is 1. The molecule has 25 heavy (non-hydrogen) atoms. The van der Waals surface area contributed by atoms with Gasteiger partial charge in [0.05, 0.1) is 23.6 Å². The zero-order valence-electron chi connectivity index (χ0n) is 14.7. The Kier molecular flexibility index (Phi) is 5.94. The first-order valence-electron chi connectivity index (χ1n) is 8.68. The van der Waals surface area contributed by atoms with Gasteiger partial charge in [-0.1, -0.05) is 18.2 Å². The van der Waals surface area contributed by atoms with Crippen LogP contribution in [0.2, 0.25) is 0 Å². The first-order chi connectivity index (χ1) is 12.1. The lowest BCUT2D eigenvalue weighted by Crippen LogP contribution is -2.45. The lowest BCUT2D eigenvalue weighted by molar-refractivity contribution is -0.00517. The molecule has 2 N–H and O–H groups in total. The minimum absolute atomic E-state index is 0.168. The van der Waals surface area contributed by atoms with Crippen LogP contribution in [0.3, 0.4) is 0 Å². The van der Waals surface area contributed by atoms with Crippen molar-refractivity contribution >= 4 is 28.7 Å². The summed E-state index contributed by atoms with van der Waals surface area (Å²) in [6.45, 7) is 6.43. The molecule has 0 aliphatic carbocycles. The highest BCUT2D eigenvalue weighted by atomic mass is 32.1. The molecule has 0 radical (unpaired) electrons. The molecule has 0 bridgehead atoms. The molecule has 0 saturated carbocycles. The second-order valence-electron chi connectivity index (χ2n) is 6.39. The molecule has 1 fully saturated rings. The van der Waals surface area contributed by atoms with Gasteiger partial charge in [0.1, 0.15) is 0 Å². The van der Waals surface area contributed by atoms with Crippen LogP contribution < -0.4 is 15.5 Å². The molecule has 1 aromatic heterocycles. The van der Waals surface area contributed by atoms with E-state index in [2.05, 4.69) is 40.8 Å². The van der Waals surface area contributed by atoms with Crippen molar-refractivity contribution in [1.29, 1.82) is 0 Å². The summed E-state index contributed by atoms with van der Waals surface area (Å²) in [6.07, 6.45) is 1.21. The number of morpholine rings is 1. The van der Waals surface area contributed by atoms with E-state index in [9.17, 15) is 4.79 Å². The van der Waals surface area contributed by atoms with Crippen molar-refractivity contribution in [3.63, 3.8) is 0 Å². The summed E-state index contributed by atoms with van der Waals surface area (Å²) >= 11 is 1.71. The van der Waals surface area contributed by atoms with Gasteiger partial charge in [-0.15, -0.1) is 11.3 Å². The van der Waals surface area contributed by atoms with E-state index < -0.39 is 0 Å². The number of nitrogens with zero attached hydrogens (tertiary/aromatic N) is 1. The van der Waals surface area contributed by atoms with Crippen molar-refractivity contribution in [2.45, 2.75) is 32.5 Å². The number of amides is 2. The highest BCUT2D eigenvalue weighted by molar-refractivity contribution is 7.09. The van der Waals surface area contributed by atoms with E-state index in [4.69, 9.17) is 4.74 Å². The molecule has 2 amide bonds. The molecular weight excluding hydrogens is 334 g/mol. The maximum Gasteiger partial charge on any atom is 0.319 e. The van der Waals surface area contributed by atoms with Crippen LogP contribution in [0.1, 0.15) is 18.7 Å². The third-order valence-corrected chi connectivity index (χ3v) is 5.09. The Hall–Kier alpha value is -2.05. The Morgan fingerprint density at radius 2 is 1.96 bits per heavy atom. The molecule has 3 rings (SSSR count). The van der Waals surface area contributed by atoms with E-state index in [0.717, 1.165) is 30.9 Å². The summed E-state index contributed by atoms with van der Waals surface area (Å²) in [5, 5.41) is 7.97. The molecule has 1 aromatic carbocycles. The fourth-order valence-electron chi connectivity index (χ4n) is 3.15. The molecule has 2 atom stereocenters. The van der Waals surface area contributed by atoms with Crippen LogP contribution in [0.15, 0.2) is 41.8 Å². The summed E-state index contributed by atoms with van der Waals surface area (Å²) in [6, 6.07) is 11.9. The number of hydrogen-bond acceptors (Lipinski definition) is 4. The van der Waals surface area contributed by atoms with Crippen LogP contribution in [0.25, 0.3) is 0 Å². The molecule has 134 valence electrons. The van der Waals surface area contributed by atoms with E-state index in [1.165, 1.54) is 4.88 Å². The van der Waals surface area contributed by atoms with Gasteiger partial charge < -0.3 is 20.3 Å². The highest BCUT2D eigenvalue weighted by Gasteiger charge is 2.24. The average molecular weight is 359 g/mol. The van der Waals surface area contributed by atoms with Crippen LogP contribution in [0.5, 0.6) is 0 Å². The number of anilines is 2. The predicted octanol–water partition coefficient (Wildman–Crippen LogP) is 3.73. The zero-order valence-corrected chi connectivity index (χ0v) is 15.5. The molecule has 5 nitrogen and oxygen atoms in total. The molecule has 1 saturated heterocycles. The number of benzene rings is 1. The topological polar surface area (TPSA) is 53.6 Å². The molecule has 1 aliphatic rings. The minimum atomic E-state index is -0.168. The standard InChI is InChI=1S/C19H25N3O2S/c1-14-12-22(13-15(2)24-14)18-8-4-3-7-17(18)21-19(23)20-10-9-16-6-5-11-25-16/h3-8,11,14-15H,9-10,12-13H2,1-2H3,(H2,20,21,23). The van der Waals surface area contributed by atoms with Gasteiger partial charge in [-0.2, -0.15) is 0 Å². The fraction of sp³-hybridized carbons (Fsp3) is 0.421. The molecule has 2 aromatic rings. The fourth-order valence-corrected chi connectivity index (χ4v) is 3.86. The lowest BCUT2D eigenvalue weighted by atomic mass is 10.1. The molecule has 2 heterocycles. The minimum Gasteiger partial charge on any atom is -0.372 e. The van der Waals surface area contributed by atoms with Crippen molar-refractivity contribution in [2.75, 3.05) is 29.9 Å². The first kappa shape index (κ1) is 17.8. The molecule has 6 heteroatoms. The van der Waals surface area contributed by atoms with Gasteiger partial charge in [0.25, 0.3) is 0 Å².